The summed E-state index contributed by atoms with van der Waals surface area (Å²) in [6.45, 7) is 24.0. The van der Waals surface area contributed by atoms with E-state index in [-0.39, 0.29) is 33.9 Å². The van der Waals surface area contributed by atoms with Gasteiger partial charge in [0.2, 0.25) is 5.91 Å². The number of phenolic OH excluding ortho intramolecular Hbond substituents is 1. The summed E-state index contributed by atoms with van der Waals surface area (Å²) in [6.07, 6.45) is 4.16. The molecule has 4 nitrogen and oxygen atoms in total. The molecule has 0 bridgehead atoms. The fourth-order valence-corrected chi connectivity index (χ4v) is 5.30. The van der Waals surface area contributed by atoms with E-state index in [4.69, 9.17) is 0 Å². The van der Waals surface area contributed by atoms with E-state index in [1.807, 2.05) is 0 Å². The molecule has 1 saturated heterocycles. The Morgan fingerprint density at radius 3 is 2.00 bits per heavy atom. The van der Waals surface area contributed by atoms with Gasteiger partial charge in [0.05, 0.1) is 0 Å². The quantitative estimate of drug-likeness (QED) is 0.464. The van der Waals surface area contributed by atoms with Crippen molar-refractivity contribution in [2.24, 2.45) is 5.92 Å². The summed E-state index contributed by atoms with van der Waals surface area (Å²) in [5, 5.41) is 18.2. The molecule has 1 aliphatic rings. The van der Waals surface area contributed by atoms with Crippen LogP contribution in [0.4, 0.5) is 0 Å². The Labute approximate surface area is 203 Å². The SMILES string of the molecule is CCC1(C)CC(NC(=O)CCc2cc(C(C)(C)C)c(O)c(C(C)(C)C)c2)C(C)C(C)(CC)N1. The van der Waals surface area contributed by atoms with Gasteiger partial charge in [-0.15, -0.1) is 0 Å². The van der Waals surface area contributed by atoms with Gasteiger partial charge in [-0.25, -0.2) is 0 Å². The Morgan fingerprint density at radius 1 is 1.06 bits per heavy atom. The monoisotopic (exact) mass is 458 g/mol. The number of piperidine rings is 1. The average Bonchev–Trinajstić information content (AvgIpc) is 2.69. The molecule has 1 heterocycles. The van der Waals surface area contributed by atoms with Gasteiger partial charge in [-0.3, -0.25) is 4.79 Å². The predicted octanol–water partition coefficient (Wildman–Crippen LogP) is 6.37. The molecule has 188 valence electrons. The molecule has 1 fully saturated rings. The molecule has 33 heavy (non-hydrogen) atoms. The van der Waals surface area contributed by atoms with E-state index in [9.17, 15) is 9.90 Å². The average molecular weight is 459 g/mol. The minimum atomic E-state index is -0.165. The topological polar surface area (TPSA) is 61.4 Å². The highest BCUT2D eigenvalue weighted by Crippen LogP contribution is 2.40. The molecule has 1 aliphatic heterocycles. The summed E-state index contributed by atoms with van der Waals surface area (Å²) in [7, 11) is 0. The van der Waals surface area contributed by atoms with Gasteiger partial charge in [0, 0.05) is 23.5 Å². The first-order valence-corrected chi connectivity index (χ1v) is 12.9. The number of aryl methyl sites for hydroxylation is 1. The van der Waals surface area contributed by atoms with Crippen LogP contribution in [0.3, 0.4) is 0 Å². The molecule has 0 saturated carbocycles. The summed E-state index contributed by atoms with van der Waals surface area (Å²) in [6, 6.07) is 4.35. The lowest BCUT2D eigenvalue weighted by atomic mass is 9.69. The lowest BCUT2D eigenvalue weighted by molar-refractivity contribution is -0.123. The van der Waals surface area contributed by atoms with Crippen LogP contribution < -0.4 is 10.6 Å². The number of hydrogen-bond donors (Lipinski definition) is 3. The van der Waals surface area contributed by atoms with Crippen molar-refractivity contribution in [1.29, 1.82) is 0 Å². The van der Waals surface area contributed by atoms with Crippen LogP contribution in [0.2, 0.25) is 0 Å². The smallest absolute Gasteiger partial charge is 0.220 e. The van der Waals surface area contributed by atoms with Gasteiger partial charge < -0.3 is 15.7 Å². The number of aromatic hydroxyl groups is 1. The highest BCUT2D eigenvalue weighted by molar-refractivity contribution is 5.76. The van der Waals surface area contributed by atoms with Crippen LogP contribution in [0, 0.1) is 5.92 Å². The molecular formula is C29H50N2O2. The lowest BCUT2D eigenvalue weighted by Crippen LogP contribution is -2.68. The van der Waals surface area contributed by atoms with E-state index >= 15 is 0 Å². The molecule has 1 amide bonds. The molecule has 1 aromatic rings. The van der Waals surface area contributed by atoms with Crippen molar-refractivity contribution in [3.8, 4) is 5.75 Å². The second kappa shape index (κ2) is 9.60. The fourth-order valence-electron chi connectivity index (χ4n) is 5.30. The summed E-state index contributed by atoms with van der Waals surface area (Å²) in [5.74, 6) is 0.873. The zero-order valence-electron chi connectivity index (χ0n) is 23.2. The van der Waals surface area contributed by atoms with Gasteiger partial charge >= 0.3 is 0 Å². The molecule has 3 N–H and O–H groups in total. The van der Waals surface area contributed by atoms with Gasteiger partial charge in [0.1, 0.15) is 5.75 Å². The Kier molecular flexibility index (Phi) is 8.06. The van der Waals surface area contributed by atoms with E-state index in [0.717, 1.165) is 36.0 Å². The third kappa shape index (κ3) is 6.32. The fraction of sp³-hybridized carbons (Fsp3) is 0.759. The van der Waals surface area contributed by atoms with Crippen molar-refractivity contribution < 1.29 is 9.90 Å². The zero-order chi connectivity index (χ0) is 25.4. The van der Waals surface area contributed by atoms with Crippen molar-refractivity contribution in [3.05, 3.63) is 28.8 Å². The number of nitrogens with one attached hydrogen (secondary N) is 2. The molecule has 4 heteroatoms. The van der Waals surface area contributed by atoms with Gasteiger partial charge in [-0.2, -0.15) is 0 Å². The predicted molar refractivity (Wildman–Crippen MR) is 140 cm³/mol. The molecule has 0 aromatic heterocycles. The second-order valence-corrected chi connectivity index (χ2v) is 13.0. The van der Waals surface area contributed by atoms with E-state index < -0.39 is 0 Å². The summed E-state index contributed by atoms with van der Waals surface area (Å²) in [5.41, 5.74) is 2.75. The number of benzene rings is 1. The summed E-state index contributed by atoms with van der Waals surface area (Å²) < 4.78 is 0. The minimum Gasteiger partial charge on any atom is -0.507 e. The first-order valence-electron chi connectivity index (χ1n) is 12.9. The Balaban J connectivity index is 2.20. The van der Waals surface area contributed by atoms with E-state index in [2.05, 4.69) is 98.9 Å². The van der Waals surface area contributed by atoms with Crippen molar-refractivity contribution in [2.75, 3.05) is 0 Å². The molecular weight excluding hydrogens is 408 g/mol. The first-order chi connectivity index (χ1) is 15.0. The van der Waals surface area contributed by atoms with Gasteiger partial charge in [0.25, 0.3) is 0 Å². The van der Waals surface area contributed by atoms with Crippen molar-refractivity contribution in [1.82, 2.24) is 10.6 Å². The van der Waals surface area contributed by atoms with Crippen LogP contribution >= 0.6 is 0 Å². The highest BCUT2D eigenvalue weighted by atomic mass is 16.3. The maximum atomic E-state index is 13.1. The Bertz CT molecular complexity index is 813. The van der Waals surface area contributed by atoms with Crippen LogP contribution in [0.25, 0.3) is 0 Å². The largest absolute Gasteiger partial charge is 0.507 e. The maximum absolute atomic E-state index is 13.1. The van der Waals surface area contributed by atoms with Crippen molar-refractivity contribution in [3.63, 3.8) is 0 Å². The third-order valence-electron chi connectivity index (χ3n) is 8.15. The maximum Gasteiger partial charge on any atom is 0.220 e. The number of hydrogen-bond acceptors (Lipinski definition) is 3. The van der Waals surface area contributed by atoms with Crippen LogP contribution in [-0.2, 0) is 22.0 Å². The minimum absolute atomic E-state index is 0.0150. The number of carbonyl (C=O) groups is 1. The van der Waals surface area contributed by atoms with Crippen LogP contribution in [-0.4, -0.2) is 28.1 Å². The standard InChI is InChI=1S/C29H50N2O2/c1-12-28(10)18-23(19(3)29(11,13-2)31-28)30-24(32)15-14-20-16-21(26(4,5)6)25(33)22(17-20)27(7,8)9/h16-17,19,23,31,33H,12-15,18H2,1-11H3,(H,30,32). The number of amides is 1. The van der Waals surface area contributed by atoms with Crippen LogP contribution in [0.5, 0.6) is 5.75 Å². The zero-order valence-corrected chi connectivity index (χ0v) is 23.2. The second-order valence-electron chi connectivity index (χ2n) is 13.0. The number of rotatable bonds is 6. The Morgan fingerprint density at radius 2 is 1.58 bits per heavy atom. The molecule has 0 radical (unpaired) electrons. The molecule has 2 rings (SSSR count). The van der Waals surface area contributed by atoms with Gasteiger partial charge in [-0.1, -0.05) is 74.4 Å². The summed E-state index contributed by atoms with van der Waals surface area (Å²) in [4.78, 5) is 13.1. The van der Waals surface area contributed by atoms with Crippen molar-refractivity contribution >= 4 is 5.91 Å². The number of carbonyl (C=O) groups excluding carboxylic acids is 1. The van der Waals surface area contributed by atoms with Gasteiger partial charge in [-0.05, 0) is 73.0 Å². The van der Waals surface area contributed by atoms with E-state index in [1.54, 1.807) is 0 Å². The van der Waals surface area contributed by atoms with Crippen LogP contribution in [0.1, 0.15) is 119 Å². The number of phenols is 1. The molecule has 0 spiro atoms. The van der Waals surface area contributed by atoms with Gasteiger partial charge in [0.15, 0.2) is 0 Å². The Hall–Kier alpha value is -1.55. The van der Waals surface area contributed by atoms with Crippen molar-refractivity contribution in [2.45, 2.75) is 136 Å². The van der Waals surface area contributed by atoms with E-state index in [1.165, 1.54) is 0 Å². The summed E-state index contributed by atoms with van der Waals surface area (Å²) >= 11 is 0. The normalized spacial score (nSPS) is 28.6. The molecule has 4 atom stereocenters. The lowest BCUT2D eigenvalue weighted by Gasteiger charge is -2.53. The third-order valence-corrected chi connectivity index (χ3v) is 8.15. The molecule has 4 unspecified atom stereocenters. The first kappa shape index (κ1) is 27.7. The van der Waals surface area contributed by atoms with E-state index in [0.29, 0.717) is 24.5 Å². The van der Waals surface area contributed by atoms with Crippen LogP contribution in [0.15, 0.2) is 12.1 Å². The highest BCUT2D eigenvalue weighted by Gasteiger charge is 2.46. The molecule has 0 aliphatic carbocycles. The molecule has 1 aromatic carbocycles.